The summed E-state index contributed by atoms with van der Waals surface area (Å²) in [4.78, 5) is 23.5. The van der Waals surface area contributed by atoms with Gasteiger partial charge >= 0.3 is 5.97 Å². The Morgan fingerprint density at radius 3 is 2.58 bits per heavy atom. The zero-order valence-electron chi connectivity index (χ0n) is 12.9. The summed E-state index contributed by atoms with van der Waals surface area (Å²) in [6, 6.07) is 12.1. The van der Waals surface area contributed by atoms with E-state index in [1.165, 1.54) is 6.08 Å². The number of carbonyl (C=O) groups is 2. The van der Waals surface area contributed by atoms with E-state index in [1.807, 2.05) is 0 Å². The Hall–Kier alpha value is -2.11. The predicted octanol–water partition coefficient (Wildman–Crippen LogP) is 4.93. The van der Waals surface area contributed by atoms with Gasteiger partial charge in [-0.2, -0.15) is 0 Å². The molecule has 2 aromatic carbocycles. The van der Waals surface area contributed by atoms with Gasteiger partial charge in [0.2, 0.25) is 0 Å². The average molecular weight is 409 g/mol. The summed E-state index contributed by atoms with van der Waals surface area (Å²) in [5.41, 5.74) is 1.84. The summed E-state index contributed by atoms with van der Waals surface area (Å²) < 4.78 is 5.59. The molecule has 0 bridgehead atoms. The first kappa shape index (κ1) is 18.2. The summed E-state index contributed by atoms with van der Waals surface area (Å²) in [5, 5.41) is 3.16. The lowest BCUT2D eigenvalue weighted by atomic mass is 10.1. The molecule has 0 atom stereocenters. The molecule has 1 N–H and O–H groups in total. The molecule has 6 heteroatoms. The van der Waals surface area contributed by atoms with Gasteiger partial charge in [0.1, 0.15) is 0 Å². The first-order valence-corrected chi connectivity index (χ1v) is 8.38. The fourth-order valence-corrected chi connectivity index (χ4v) is 2.47. The number of rotatable bonds is 5. The molecule has 0 aliphatic heterocycles. The minimum absolute atomic E-state index is 0.295. The maximum absolute atomic E-state index is 12.3. The van der Waals surface area contributed by atoms with Crippen molar-refractivity contribution in [3.63, 3.8) is 0 Å². The van der Waals surface area contributed by atoms with Crippen LogP contribution in [0.5, 0.6) is 0 Å². The lowest BCUT2D eigenvalue weighted by molar-refractivity contribution is -0.137. The highest BCUT2D eigenvalue weighted by Crippen LogP contribution is 2.22. The molecule has 2 aromatic rings. The van der Waals surface area contributed by atoms with E-state index < -0.39 is 0 Å². The molecule has 124 valence electrons. The maximum atomic E-state index is 12.3. The zero-order chi connectivity index (χ0) is 17.5. The number of benzene rings is 2. The standard InChI is InChI=1S/C18H15BrClNO3/c1-2-24-17(22)10-5-12-3-7-14(8-4-12)21-18(23)15-11-13(19)6-9-16(15)20/h3-11H,2H2,1H3,(H,21,23)/b10-5+. The van der Waals surface area contributed by atoms with Crippen LogP contribution in [0, 0.1) is 0 Å². The molecule has 2 rings (SSSR count). The quantitative estimate of drug-likeness (QED) is 0.564. The number of hydrogen-bond acceptors (Lipinski definition) is 3. The van der Waals surface area contributed by atoms with Crippen LogP contribution in [0.2, 0.25) is 5.02 Å². The second-order valence-corrected chi connectivity index (χ2v) is 6.11. The molecule has 24 heavy (non-hydrogen) atoms. The van der Waals surface area contributed by atoms with Crippen LogP contribution in [0.3, 0.4) is 0 Å². The van der Waals surface area contributed by atoms with Crippen LogP contribution in [0.1, 0.15) is 22.8 Å². The number of halogens is 2. The molecular formula is C18H15BrClNO3. The predicted molar refractivity (Wildman–Crippen MR) is 99.2 cm³/mol. The van der Waals surface area contributed by atoms with Gasteiger partial charge in [0, 0.05) is 16.2 Å². The molecule has 0 fully saturated rings. The van der Waals surface area contributed by atoms with Crippen LogP contribution >= 0.6 is 27.5 Å². The second kappa shape index (κ2) is 8.66. The van der Waals surface area contributed by atoms with Crippen molar-refractivity contribution in [2.24, 2.45) is 0 Å². The molecule has 0 spiro atoms. The monoisotopic (exact) mass is 407 g/mol. The average Bonchev–Trinajstić information content (AvgIpc) is 2.56. The summed E-state index contributed by atoms with van der Waals surface area (Å²) in [7, 11) is 0. The summed E-state index contributed by atoms with van der Waals surface area (Å²) in [6.45, 7) is 2.09. The largest absolute Gasteiger partial charge is 0.463 e. The van der Waals surface area contributed by atoms with Gasteiger partial charge in [-0.25, -0.2) is 4.79 Å². The molecule has 0 radical (unpaired) electrons. The van der Waals surface area contributed by atoms with Crippen molar-refractivity contribution in [2.75, 3.05) is 11.9 Å². The molecule has 0 aliphatic carbocycles. The van der Waals surface area contributed by atoms with Crippen LogP contribution in [0.25, 0.3) is 6.08 Å². The van der Waals surface area contributed by atoms with Crippen molar-refractivity contribution < 1.29 is 14.3 Å². The van der Waals surface area contributed by atoms with Gasteiger partial charge in [-0.3, -0.25) is 4.79 Å². The Morgan fingerprint density at radius 1 is 1.21 bits per heavy atom. The third kappa shape index (κ3) is 5.22. The van der Waals surface area contributed by atoms with E-state index in [2.05, 4.69) is 21.2 Å². The van der Waals surface area contributed by atoms with Gasteiger partial charge in [-0.05, 0) is 48.9 Å². The van der Waals surface area contributed by atoms with Crippen LogP contribution in [-0.2, 0) is 9.53 Å². The highest BCUT2D eigenvalue weighted by Gasteiger charge is 2.11. The number of esters is 1. The van der Waals surface area contributed by atoms with Gasteiger partial charge in [0.25, 0.3) is 5.91 Å². The normalized spacial score (nSPS) is 10.6. The second-order valence-electron chi connectivity index (χ2n) is 4.79. The Balaban J connectivity index is 2.05. The molecular weight excluding hydrogens is 394 g/mol. The van der Waals surface area contributed by atoms with Gasteiger partial charge in [0.05, 0.1) is 17.2 Å². The molecule has 0 saturated carbocycles. The van der Waals surface area contributed by atoms with E-state index in [4.69, 9.17) is 16.3 Å². The summed E-state index contributed by atoms with van der Waals surface area (Å²) in [6.07, 6.45) is 3.01. The highest BCUT2D eigenvalue weighted by atomic mass is 79.9. The number of carbonyl (C=O) groups excluding carboxylic acids is 2. The molecule has 0 aliphatic rings. The number of ether oxygens (including phenoxy) is 1. The van der Waals surface area contributed by atoms with Crippen molar-refractivity contribution in [2.45, 2.75) is 6.92 Å². The minimum Gasteiger partial charge on any atom is -0.463 e. The van der Waals surface area contributed by atoms with Crippen LogP contribution in [-0.4, -0.2) is 18.5 Å². The van der Waals surface area contributed by atoms with E-state index >= 15 is 0 Å². The third-order valence-corrected chi connectivity index (χ3v) is 3.86. The van der Waals surface area contributed by atoms with Gasteiger partial charge in [0.15, 0.2) is 0 Å². The summed E-state index contributed by atoms with van der Waals surface area (Å²) in [5.74, 6) is -0.685. The molecule has 1 amide bonds. The molecule has 0 aromatic heterocycles. The van der Waals surface area contributed by atoms with E-state index in [0.717, 1.165) is 10.0 Å². The molecule has 0 heterocycles. The topological polar surface area (TPSA) is 55.4 Å². The number of amides is 1. The first-order chi connectivity index (χ1) is 11.5. The van der Waals surface area contributed by atoms with Crippen molar-refractivity contribution in [3.05, 3.63) is 69.2 Å². The van der Waals surface area contributed by atoms with Gasteiger partial charge in [-0.15, -0.1) is 0 Å². The van der Waals surface area contributed by atoms with Crippen LogP contribution in [0.15, 0.2) is 53.0 Å². The molecule has 4 nitrogen and oxygen atoms in total. The Kier molecular flexibility index (Phi) is 6.58. The minimum atomic E-state index is -0.390. The molecule has 0 saturated heterocycles. The van der Waals surface area contributed by atoms with Crippen molar-refractivity contribution in [1.82, 2.24) is 0 Å². The lowest BCUT2D eigenvalue weighted by Gasteiger charge is -2.07. The van der Waals surface area contributed by atoms with Gasteiger partial charge < -0.3 is 10.1 Å². The van der Waals surface area contributed by atoms with Crippen LogP contribution < -0.4 is 5.32 Å². The van der Waals surface area contributed by atoms with E-state index in [9.17, 15) is 9.59 Å². The van der Waals surface area contributed by atoms with Crippen LogP contribution in [0.4, 0.5) is 5.69 Å². The third-order valence-electron chi connectivity index (χ3n) is 3.04. The smallest absolute Gasteiger partial charge is 0.330 e. The lowest BCUT2D eigenvalue weighted by Crippen LogP contribution is -2.12. The SMILES string of the molecule is CCOC(=O)/C=C/c1ccc(NC(=O)c2cc(Br)ccc2Cl)cc1. The number of nitrogens with one attached hydrogen (secondary N) is 1. The van der Waals surface area contributed by atoms with Gasteiger partial charge in [-0.1, -0.05) is 39.7 Å². The van der Waals surface area contributed by atoms with E-state index in [-0.39, 0.29) is 11.9 Å². The maximum Gasteiger partial charge on any atom is 0.330 e. The highest BCUT2D eigenvalue weighted by molar-refractivity contribution is 9.10. The zero-order valence-corrected chi connectivity index (χ0v) is 15.2. The van der Waals surface area contributed by atoms with E-state index in [1.54, 1.807) is 55.5 Å². The Morgan fingerprint density at radius 2 is 1.92 bits per heavy atom. The number of anilines is 1. The fraction of sp³-hybridized carbons (Fsp3) is 0.111. The fourth-order valence-electron chi connectivity index (χ4n) is 1.90. The van der Waals surface area contributed by atoms with Crippen molar-refractivity contribution in [1.29, 1.82) is 0 Å². The Labute approximate surface area is 153 Å². The molecule has 0 unspecified atom stereocenters. The first-order valence-electron chi connectivity index (χ1n) is 7.21. The van der Waals surface area contributed by atoms with E-state index in [0.29, 0.717) is 22.9 Å². The Bertz CT molecular complexity index is 772. The summed E-state index contributed by atoms with van der Waals surface area (Å²) >= 11 is 9.36. The number of hydrogen-bond donors (Lipinski definition) is 1. The van der Waals surface area contributed by atoms with Crippen molar-refractivity contribution in [3.8, 4) is 0 Å². The van der Waals surface area contributed by atoms with Crippen molar-refractivity contribution >= 4 is 51.2 Å².